The molecular weight excluding hydrogens is 211 g/mol. The first-order valence-corrected chi connectivity index (χ1v) is 3.96. The molecule has 15 heavy (non-hydrogen) atoms. The molecule has 0 fully saturated rings. The van der Waals surface area contributed by atoms with Crippen LogP contribution in [0.4, 0.5) is 13.2 Å². The van der Waals surface area contributed by atoms with Gasteiger partial charge < -0.3 is 0 Å². The topological polar surface area (TPSA) is 46.5 Å². The molecule has 1 rings (SSSR count). The lowest BCUT2D eigenvalue weighted by molar-refractivity contribution is -0.138. The largest absolute Gasteiger partial charge is 0.416 e. The maximum atomic E-state index is 12.4. The quantitative estimate of drug-likeness (QED) is 0.714. The molecule has 1 aromatic carbocycles. The number of nitroso groups, excluding NO2 is 1. The van der Waals surface area contributed by atoms with E-state index in [9.17, 15) is 22.9 Å². The van der Waals surface area contributed by atoms with Gasteiger partial charge in [-0.25, -0.2) is 0 Å². The van der Waals surface area contributed by atoms with Gasteiger partial charge >= 0.3 is 6.18 Å². The maximum Gasteiger partial charge on any atom is 0.416 e. The van der Waals surface area contributed by atoms with Gasteiger partial charge in [0.15, 0.2) is 0 Å². The SMILES string of the molecule is O=NC(=O)Cc1ccccc1C(F)(F)F. The summed E-state index contributed by atoms with van der Waals surface area (Å²) < 4.78 is 37.1. The zero-order chi connectivity index (χ0) is 11.5. The van der Waals surface area contributed by atoms with Gasteiger partial charge in [0.25, 0.3) is 5.91 Å². The van der Waals surface area contributed by atoms with Crippen LogP contribution in [-0.2, 0) is 17.4 Å². The predicted octanol–water partition coefficient (Wildman–Crippen LogP) is 2.54. The Hall–Kier alpha value is -1.72. The summed E-state index contributed by atoms with van der Waals surface area (Å²) in [4.78, 5) is 20.4. The number of halogens is 3. The van der Waals surface area contributed by atoms with Crippen molar-refractivity contribution < 1.29 is 18.0 Å². The van der Waals surface area contributed by atoms with Crippen molar-refractivity contribution >= 4 is 5.91 Å². The molecule has 0 N–H and O–H groups in total. The summed E-state index contributed by atoms with van der Waals surface area (Å²) in [5.74, 6) is -1.12. The van der Waals surface area contributed by atoms with E-state index in [-0.39, 0.29) is 5.56 Å². The van der Waals surface area contributed by atoms with Crippen molar-refractivity contribution in [1.82, 2.24) is 0 Å². The van der Waals surface area contributed by atoms with Gasteiger partial charge in [-0.05, 0) is 11.6 Å². The summed E-state index contributed by atoms with van der Waals surface area (Å²) in [6.07, 6.45) is -5.15. The zero-order valence-electron chi connectivity index (χ0n) is 7.41. The summed E-state index contributed by atoms with van der Waals surface area (Å²) in [5.41, 5.74) is -1.16. The molecule has 0 radical (unpaired) electrons. The number of amides is 1. The maximum absolute atomic E-state index is 12.4. The minimum absolute atomic E-state index is 0.241. The van der Waals surface area contributed by atoms with Crippen molar-refractivity contribution in [2.75, 3.05) is 0 Å². The van der Waals surface area contributed by atoms with Gasteiger partial charge in [0.2, 0.25) is 0 Å². The third-order valence-electron chi connectivity index (χ3n) is 1.77. The second-order valence-electron chi connectivity index (χ2n) is 2.82. The van der Waals surface area contributed by atoms with E-state index >= 15 is 0 Å². The van der Waals surface area contributed by atoms with Gasteiger partial charge in [0, 0.05) is 5.18 Å². The Morgan fingerprint density at radius 2 is 1.87 bits per heavy atom. The van der Waals surface area contributed by atoms with Crippen LogP contribution >= 0.6 is 0 Å². The highest BCUT2D eigenvalue weighted by Crippen LogP contribution is 2.32. The third kappa shape index (κ3) is 2.87. The molecule has 3 nitrogen and oxygen atoms in total. The van der Waals surface area contributed by atoms with Gasteiger partial charge in [-0.1, -0.05) is 18.2 Å². The first kappa shape index (κ1) is 11.4. The number of carbonyl (C=O) groups is 1. The Bertz CT molecular complexity index is 387. The Morgan fingerprint density at radius 3 is 2.40 bits per heavy atom. The van der Waals surface area contributed by atoms with Crippen LogP contribution in [0.2, 0.25) is 0 Å². The van der Waals surface area contributed by atoms with E-state index in [0.29, 0.717) is 0 Å². The first-order valence-electron chi connectivity index (χ1n) is 3.96. The molecule has 0 aromatic heterocycles. The molecule has 0 atom stereocenters. The van der Waals surface area contributed by atoms with E-state index < -0.39 is 24.1 Å². The number of rotatable bonds is 2. The van der Waals surface area contributed by atoms with Gasteiger partial charge in [0.05, 0.1) is 12.0 Å². The Labute approximate surface area is 82.9 Å². The molecule has 0 heterocycles. The van der Waals surface area contributed by atoms with E-state index in [1.807, 2.05) is 0 Å². The van der Waals surface area contributed by atoms with Crippen molar-refractivity contribution in [3.63, 3.8) is 0 Å². The summed E-state index contributed by atoms with van der Waals surface area (Å²) in [6, 6.07) is 4.58. The van der Waals surface area contributed by atoms with E-state index in [1.54, 1.807) is 0 Å². The molecule has 0 aliphatic rings. The van der Waals surface area contributed by atoms with Crippen LogP contribution in [0.3, 0.4) is 0 Å². The molecule has 1 amide bonds. The lowest BCUT2D eigenvalue weighted by Crippen LogP contribution is -2.11. The summed E-state index contributed by atoms with van der Waals surface area (Å²) in [7, 11) is 0. The van der Waals surface area contributed by atoms with Crippen molar-refractivity contribution in [2.24, 2.45) is 5.18 Å². The molecular formula is C9H6F3NO2. The van der Waals surface area contributed by atoms with E-state index in [2.05, 4.69) is 5.18 Å². The molecule has 1 aromatic rings. The van der Waals surface area contributed by atoms with Crippen LogP contribution in [0.25, 0.3) is 0 Å². The van der Waals surface area contributed by atoms with Crippen LogP contribution < -0.4 is 0 Å². The molecule has 0 aliphatic heterocycles. The highest BCUT2D eigenvalue weighted by atomic mass is 19.4. The summed E-state index contributed by atoms with van der Waals surface area (Å²) in [6.45, 7) is 0. The van der Waals surface area contributed by atoms with Crippen LogP contribution in [-0.4, -0.2) is 5.91 Å². The van der Waals surface area contributed by atoms with Gasteiger partial charge in [-0.15, -0.1) is 4.91 Å². The third-order valence-corrected chi connectivity index (χ3v) is 1.77. The van der Waals surface area contributed by atoms with E-state index in [4.69, 9.17) is 0 Å². The standard InChI is InChI=1S/C9H6F3NO2/c10-9(11,12)7-4-2-1-3-6(7)5-8(14)13-15/h1-4H,5H2. The number of carbonyl (C=O) groups excluding carboxylic acids is 1. The Kier molecular flexibility index (Phi) is 3.18. The molecule has 0 spiro atoms. The molecule has 0 saturated carbocycles. The van der Waals surface area contributed by atoms with E-state index in [0.717, 1.165) is 12.1 Å². The van der Waals surface area contributed by atoms with Crippen molar-refractivity contribution in [3.8, 4) is 0 Å². The molecule has 80 valence electrons. The summed E-state index contributed by atoms with van der Waals surface area (Å²) in [5, 5.41) is 2.05. The fourth-order valence-electron chi connectivity index (χ4n) is 1.15. The van der Waals surface area contributed by atoms with Crippen LogP contribution in [0.1, 0.15) is 11.1 Å². The Balaban J connectivity index is 3.07. The fourth-order valence-corrected chi connectivity index (χ4v) is 1.15. The molecule has 0 saturated heterocycles. The molecule has 0 aliphatic carbocycles. The number of benzene rings is 1. The molecule has 0 bridgehead atoms. The average Bonchev–Trinajstić information content (AvgIpc) is 2.17. The average molecular weight is 217 g/mol. The smallest absolute Gasteiger partial charge is 0.269 e. The predicted molar refractivity (Wildman–Crippen MR) is 46.0 cm³/mol. The number of hydrogen-bond donors (Lipinski definition) is 0. The lowest BCUT2D eigenvalue weighted by Gasteiger charge is -2.10. The van der Waals surface area contributed by atoms with Gasteiger partial charge in [-0.2, -0.15) is 13.2 Å². The van der Waals surface area contributed by atoms with Crippen molar-refractivity contribution in [1.29, 1.82) is 0 Å². The highest BCUT2D eigenvalue weighted by Gasteiger charge is 2.33. The van der Waals surface area contributed by atoms with Crippen molar-refractivity contribution in [3.05, 3.63) is 40.3 Å². The number of alkyl halides is 3. The van der Waals surface area contributed by atoms with Crippen LogP contribution in [0, 0.1) is 4.91 Å². The zero-order valence-corrected chi connectivity index (χ0v) is 7.41. The molecule has 6 heteroatoms. The van der Waals surface area contributed by atoms with Crippen LogP contribution in [0.5, 0.6) is 0 Å². The number of hydrogen-bond acceptors (Lipinski definition) is 2. The lowest BCUT2D eigenvalue weighted by atomic mass is 10.0. The fraction of sp³-hybridized carbons (Fsp3) is 0.222. The van der Waals surface area contributed by atoms with Gasteiger partial charge in [-0.3, -0.25) is 4.79 Å². The highest BCUT2D eigenvalue weighted by molar-refractivity contribution is 5.79. The van der Waals surface area contributed by atoms with Gasteiger partial charge in [0.1, 0.15) is 0 Å². The normalized spacial score (nSPS) is 11.1. The second-order valence-corrected chi connectivity index (χ2v) is 2.82. The summed E-state index contributed by atoms with van der Waals surface area (Å²) >= 11 is 0. The monoisotopic (exact) mass is 217 g/mol. The molecule has 0 unspecified atom stereocenters. The minimum Gasteiger partial charge on any atom is -0.269 e. The van der Waals surface area contributed by atoms with Crippen LogP contribution in [0.15, 0.2) is 29.4 Å². The Morgan fingerprint density at radius 1 is 1.27 bits per heavy atom. The van der Waals surface area contributed by atoms with Crippen molar-refractivity contribution in [2.45, 2.75) is 12.6 Å². The minimum atomic E-state index is -4.53. The second kappa shape index (κ2) is 4.20. The van der Waals surface area contributed by atoms with E-state index in [1.165, 1.54) is 12.1 Å². The first-order chi connectivity index (χ1) is 6.95. The number of nitrogens with zero attached hydrogens (tertiary/aromatic N) is 1.